The molecule has 0 bridgehead atoms. The molecule has 0 spiro atoms. The number of fused-ring (bicyclic) bond motifs is 1. The van der Waals surface area contributed by atoms with Crippen LogP contribution >= 0.6 is 0 Å². The third-order valence-corrected chi connectivity index (χ3v) is 2.78. The smallest absolute Gasteiger partial charge is 0.143 e. The summed E-state index contributed by atoms with van der Waals surface area (Å²) in [5.41, 5.74) is 1.65. The van der Waals surface area contributed by atoms with Crippen molar-refractivity contribution in [2.45, 2.75) is 19.3 Å². The largest absolute Gasteiger partial charge is 0.345 e. The lowest BCUT2D eigenvalue weighted by Gasteiger charge is -2.16. The van der Waals surface area contributed by atoms with Gasteiger partial charge < -0.3 is 4.57 Å². The zero-order valence-corrected chi connectivity index (χ0v) is 9.45. The van der Waals surface area contributed by atoms with Crippen molar-refractivity contribution in [2.24, 2.45) is 7.05 Å². The Bertz CT molecular complexity index is 590. The van der Waals surface area contributed by atoms with Gasteiger partial charge in [0.25, 0.3) is 0 Å². The zero-order valence-electron chi connectivity index (χ0n) is 9.45. The van der Waals surface area contributed by atoms with Crippen LogP contribution in [0.25, 0.3) is 11.0 Å². The lowest BCUT2D eigenvalue weighted by atomic mass is 9.91. The molecule has 2 aromatic rings. The van der Waals surface area contributed by atoms with Crippen LogP contribution in [0.15, 0.2) is 18.3 Å². The fraction of sp³-hybridized carbons (Fsp3) is 0.333. The fourth-order valence-corrected chi connectivity index (χ4v) is 1.83. The minimum atomic E-state index is -0.605. The SMILES string of the molecule is Cn1c(C(C)(C)C#N)cc2ncc(F)cc21. The van der Waals surface area contributed by atoms with Gasteiger partial charge in [-0.05, 0) is 19.9 Å². The Labute approximate surface area is 93.1 Å². The Morgan fingerprint density at radius 3 is 2.75 bits per heavy atom. The van der Waals surface area contributed by atoms with Gasteiger partial charge in [-0.2, -0.15) is 5.26 Å². The first-order valence-electron chi connectivity index (χ1n) is 4.98. The number of nitriles is 1. The van der Waals surface area contributed by atoms with Crippen LogP contribution in [-0.4, -0.2) is 9.55 Å². The van der Waals surface area contributed by atoms with Crippen molar-refractivity contribution in [3.63, 3.8) is 0 Å². The highest BCUT2D eigenvalue weighted by atomic mass is 19.1. The molecule has 4 heteroatoms. The summed E-state index contributed by atoms with van der Waals surface area (Å²) in [6.07, 6.45) is 1.19. The molecule has 0 aliphatic carbocycles. The lowest BCUT2D eigenvalue weighted by molar-refractivity contribution is 0.617. The number of halogens is 1. The zero-order chi connectivity index (χ0) is 11.9. The molecule has 3 nitrogen and oxygen atoms in total. The topological polar surface area (TPSA) is 41.6 Å². The van der Waals surface area contributed by atoms with Crippen LogP contribution in [0.2, 0.25) is 0 Å². The predicted octanol–water partition coefficient (Wildman–Crippen LogP) is 2.51. The van der Waals surface area contributed by atoms with Crippen molar-refractivity contribution in [1.29, 1.82) is 5.26 Å². The van der Waals surface area contributed by atoms with Gasteiger partial charge >= 0.3 is 0 Å². The van der Waals surface area contributed by atoms with Gasteiger partial charge in [0.05, 0.1) is 28.7 Å². The van der Waals surface area contributed by atoms with Gasteiger partial charge in [0, 0.05) is 18.8 Å². The molecule has 0 saturated heterocycles. The molecular weight excluding hydrogens is 205 g/mol. The molecule has 0 aliphatic rings. The summed E-state index contributed by atoms with van der Waals surface area (Å²) in [6.45, 7) is 3.66. The van der Waals surface area contributed by atoms with Gasteiger partial charge in [0.15, 0.2) is 0 Å². The van der Waals surface area contributed by atoms with E-state index in [4.69, 9.17) is 5.26 Å². The van der Waals surface area contributed by atoms with Crippen LogP contribution in [0.5, 0.6) is 0 Å². The molecule has 0 atom stereocenters. The third-order valence-electron chi connectivity index (χ3n) is 2.78. The summed E-state index contributed by atoms with van der Waals surface area (Å²) in [6, 6.07) is 5.49. The van der Waals surface area contributed by atoms with Gasteiger partial charge in [0.1, 0.15) is 5.82 Å². The highest BCUT2D eigenvalue weighted by Gasteiger charge is 2.24. The average Bonchev–Trinajstić information content (AvgIpc) is 2.57. The van der Waals surface area contributed by atoms with Crippen molar-refractivity contribution in [2.75, 3.05) is 0 Å². The van der Waals surface area contributed by atoms with E-state index in [1.807, 2.05) is 31.5 Å². The Balaban J connectivity index is 2.76. The molecular formula is C12H12FN3. The number of pyridine rings is 1. The van der Waals surface area contributed by atoms with Crippen LogP contribution in [0.3, 0.4) is 0 Å². The fourth-order valence-electron chi connectivity index (χ4n) is 1.83. The van der Waals surface area contributed by atoms with Crippen LogP contribution in [0, 0.1) is 17.1 Å². The Hall–Kier alpha value is -1.89. The molecule has 16 heavy (non-hydrogen) atoms. The van der Waals surface area contributed by atoms with Crippen LogP contribution < -0.4 is 0 Å². The molecule has 0 N–H and O–H groups in total. The van der Waals surface area contributed by atoms with Crippen molar-refractivity contribution < 1.29 is 4.39 Å². The summed E-state index contributed by atoms with van der Waals surface area (Å²) in [4.78, 5) is 4.00. The predicted molar refractivity (Wildman–Crippen MR) is 59.3 cm³/mol. The summed E-state index contributed by atoms with van der Waals surface area (Å²) in [5, 5.41) is 9.09. The maximum Gasteiger partial charge on any atom is 0.143 e. The third kappa shape index (κ3) is 1.45. The Kier molecular flexibility index (Phi) is 2.20. The van der Waals surface area contributed by atoms with E-state index in [1.165, 1.54) is 12.3 Å². The van der Waals surface area contributed by atoms with E-state index in [1.54, 1.807) is 0 Å². The number of aryl methyl sites for hydroxylation is 1. The van der Waals surface area contributed by atoms with E-state index >= 15 is 0 Å². The Morgan fingerprint density at radius 2 is 2.12 bits per heavy atom. The first-order valence-corrected chi connectivity index (χ1v) is 4.98. The lowest BCUT2D eigenvalue weighted by Crippen LogP contribution is -2.17. The number of aromatic nitrogens is 2. The van der Waals surface area contributed by atoms with Gasteiger partial charge in [-0.25, -0.2) is 4.39 Å². The van der Waals surface area contributed by atoms with Gasteiger partial charge in [-0.3, -0.25) is 4.98 Å². The van der Waals surface area contributed by atoms with Crippen LogP contribution in [0.4, 0.5) is 4.39 Å². The highest BCUT2D eigenvalue weighted by Crippen LogP contribution is 2.27. The second-order valence-corrected chi connectivity index (χ2v) is 4.38. The van der Waals surface area contributed by atoms with E-state index < -0.39 is 5.41 Å². The number of hydrogen-bond donors (Lipinski definition) is 0. The summed E-state index contributed by atoms with van der Waals surface area (Å²) < 4.78 is 14.9. The molecule has 0 saturated carbocycles. The number of rotatable bonds is 1. The number of hydrogen-bond acceptors (Lipinski definition) is 2. The van der Waals surface area contributed by atoms with Crippen molar-refractivity contribution in [3.8, 4) is 6.07 Å². The molecule has 0 fully saturated rings. The van der Waals surface area contributed by atoms with E-state index in [2.05, 4.69) is 11.1 Å². The maximum absolute atomic E-state index is 13.1. The molecule has 0 unspecified atom stereocenters. The molecule has 82 valence electrons. The molecule has 2 rings (SSSR count). The maximum atomic E-state index is 13.1. The van der Waals surface area contributed by atoms with E-state index in [-0.39, 0.29) is 5.82 Å². The van der Waals surface area contributed by atoms with Crippen LogP contribution in [0.1, 0.15) is 19.5 Å². The number of nitrogens with zero attached hydrogens (tertiary/aromatic N) is 3. The average molecular weight is 217 g/mol. The summed E-state index contributed by atoms with van der Waals surface area (Å²) >= 11 is 0. The molecule has 0 aliphatic heterocycles. The van der Waals surface area contributed by atoms with Crippen molar-refractivity contribution >= 4 is 11.0 Å². The minimum Gasteiger partial charge on any atom is -0.345 e. The first-order chi connectivity index (χ1) is 7.45. The quantitative estimate of drug-likeness (QED) is 0.736. The minimum absolute atomic E-state index is 0.366. The monoisotopic (exact) mass is 217 g/mol. The van der Waals surface area contributed by atoms with Gasteiger partial charge in [-0.15, -0.1) is 0 Å². The van der Waals surface area contributed by atoms with E-state index in [0.717, 1.165) is 5.69 Å². The molecule has 0 radical (unpaired) electrons. The summed E-state index contributed by atoms with van der Waals surface area (Å²) in [7, 11) is 1.82. The molecule has 0 amide bonds. The van der Waals surface area contributed by atoms with E-state index in [0.29, 0.717) is 11.0 Å². The highest BCUT2D eigenvalue weighted by molar-refractivity contribution is 5.77. The second-order valence-electron chi connectivity index (χ2n) is 4.38. The first kappa shape index (κ1) is 10.6. The Morgan fingerprint density at radius 1 is 1.44 bits per heavy atom. The van der Waals surface area contributed by atoms with Crippen molar-refractivity contribution in [1.82, 2.24) is 9.55 Å². The van der Waals surface area contributed by atoms with Gasteiger partial charge in [-0.1, -0.05) is 0 Å². The van der Waals surface area contributed by atoms with E-state index in [9.17, 15) is 4.39 Å². The molecule has 2 aromatic heterocycles. The van der Waals surface area contributed by atoms with Gasteiger partial charge in [0.2, 0.25) is 0 Å². The summed E-state index contributed by atoms with van der Waals surface area (Å²) in [5.74, 6) is -0.366. The molecule has 0 aromatic carbocycles. The normalized spacial score (nSPS) is 11.7. The van der Waals surface area contributed by atoms with Crippen LogP contribution in [-0.2, 0) is 12.5 Å². The standard InChI is InChI=1S/C12H12FN3/c1-12(2,7-14)11-5-9-10(16(11)3)4-8(13)6-15-9/h4-6H,1-3H3. The van der Waals surface area contributed by atoms with Crippen molar-refractivity contribution in [3.05, 3.63) is 29.8 Å². The second kappa shape index (κ2) is 3.31. The molecule has 2 heterocycles.